The van der Waals surface area contributed by atoms with Crippen LogP contribution in [0.5, 0.6) is 5.75 Å². The van der Waals surface area contributed by atoms with E-state index < -0.39 is 6.03 Å². The Hall–Kier alpha value is -3.54. The Labute approximate surface area is 208 Å². The van der Waals surface area contributed by atoms with Crippen LogP contribution in [0.4, 0.5) is 16.2 Å². The van der Waals surface area contributed by atoms with Crippen LogP contribution < -0.4 is 20.9 Å². The number of hydrogen-bond acceptors (Lipinski definition) is 3. The Kier molecular flexibility index (Phi) is 8.74. The molecule has 0 unspecified atom stereocenters. The molecule has 0 saturated heterocycles. The number of amides is 2. The molecule has 0 aliphatic rings. The maximum Gasteiger partial charge on any atom is 0.323 e. The number of para-hydroxylation sites is 1. The number of aryl methyl sites for hydroxylation is 1. The number of urea groups is 1. The number of pyridine rings is 1. The first-order valence-corrected chi connectivity index (χ1v) is 12.3. The number of unbranched alkanes of at least 4 members (excludes halogenated alkanes) is 1. The molecule has 3 rings (SSSR count). The molecule has 2 amide bonds. The molecule has 35 heavy (non-hydrogen) atoms. The summed E-state index contributed by atoms with van der Waals surface area (Å²) in [7, 11) is 1.60. The fraction of sp³-hybridized carbons (Fsp3) is 0.379. The van der Waals surface area contributed by atoms with Crippen molar-refractivity contribution >= 4 is 17.4 Å². The van der Waals surface area contributed by atoms with Crippen molar-refractivity contribution in [3.8, 4) is 16.9 Å². The molecule has 0 bridgehead atoms. The average molecular weight is 476 g/mol. The molecule has 1 aromatic heterocycles. The smallest absolute Gasteiger partial charge is 0.323 e. The van der Waals surface area contributed by atoms with Crippen LogP contribution in [0.25, 0.3) is 11.1 Å². The molecule has 3 aromatic rings. The second-order valence-corrected chi connectivity index (χ2v) is 9.39. The van der Waals surface area contributed by atoms with Crippen LogP contribution in [0.1, 0.15) is 70.4 Å². The van der Waals surface area contributed by atoms with Gasteiger partial charge in [-0.3, -0.25) is 4.79 Å². The van der Waals surface area contributed by atoms with Crippen molar-refractivity contribution in [1.82, 2.24) is 4.57 Å². The van der Waals surface area contributed by atoms with E-state index in [1.807, 2.05) is 48.5 Å². The highest BCUT2D eigenvalue weighted by atomic mass is 16.5. The van der Waals surface area contributed by atoms with Crippen LogP contribution in [0.2, 0.25) is 0 Å². The molecule has 1 heterocycles. The average Bonchev–Trinajstić information content (AvgIpc) is 2.84. The van der Waals surface area contributed by atoms with Crippen LogP contribution in [0, 0.1) is 0 Å². The Bertz CT molecular complexity index is 1200. The highest BCUT2D eigenvalue weighted by molar-refractivity contribution is 6.03. The lowest BCUT2D eigenvalue weighted by molar-refractivity contribution is 0.262. The summed E-state index contributed by atoms with van der Waals surface area (Å²) in [6.45, 7) is 11.1. The van der Waals surface area contributed by atoms with E-state index in [-0.39, 0.29) is 23.1 Å². The summed E-state index contributed by atoms with van der Waals surface area (Å²) in [5.74, 6) is 1.15. The Morgan fingerprint density at radius 2 is 1.57 bits per heavy atom. The lowest BCUT2D eigenvalue weighted by atomic mass is 9.93. The number of rotatable bonds is 9. The van der Waals surface area contributed by atoms with Crippen molar-refractivity contribution < 1.29 is 9.53 Å². The van der Waals surface area contributed by atoms with Gasteiger partial charge in [-0.15, -0.1) is 0 Å². The number of carbonyl (C=O) groups excluding carboxylic acids is 1. The second-order valence-electron chi connectivity index (χ2n) is 9.39. The van der Waals surface area contributed by atoms with E-state index in [4.69, 9.17) is 4.74 Å². The fourth-order valence-corrected chi connectivity index (χ4v) is 4.18. The molecule has 0 radical (unpaired) electrons. The molecule has 0 saturated carbocycles. The number of ether oxygens (including phenoxy) is 1. The van der Waals surface area contributed by atoms with Gasteiger partial charge in [0.15, 0.2) is 0 Å². The predicted molar refractivity (Wildman–Crippen MR) is 145 cm³/mol. The van der Waals surface area contributed by atoms with Crippen molar-refractivity contribution in [3.05, 3.63) is 76.2 Å². The molecule has 0 fully saturated rings. The summed E-state index contributed by atoms with van der Waals surface area (Å²) >= 11 is 0. The molecule has 0 aliphatic carbocycles. The van der Waals surface area contributed by atoms with Crippen LogP contribution in [-0.4, -0.2) is 17.7 Å². The molecule has 186 valence electrons. The highest BCUT2D eigenvalue weighted by Crippen LogP contribution is 2.33. The number of aromatic nitrogens is 1. The minimum absolute atomic E-state index is 0.227. The topological polar surface area (TPSA) is 72.4 Å². The number of methoxy groups -OCH3 is 1. The standard InChI is InChI=1S/C29H37N3O3/c1-7-8-16-32-17-15-25(21-11-9-12-22(18-21)35-6)27(28(32)33)31-29(34)30-26-23(19(2)3)13-10-14-24(26)20(4)5/h9-15,17-20H,7-8,16H2,1-6H3,(H2,30,31,34). The third-order valence-electron chi connectivity index (χ3n) is 6.15. The lowest BCUT2D eigenvalue weighted by Gasteiger charge is -2.21. The van der Waals surface area contributed by atoms with Gasteiger partial charge in [0.05, 0.1) is 7.11 Å². The number of benzene rings is 2. The monoisotopic (exact) mass is 475 g/mol. The van der Waals surface area contributed by atoms with Gasteiger partial charge < -0.3 is 19.9 Å². The lowest BCUT2D eigenvalue weighted by Crippen LogP contribution is -2.29. The number of anilines is 2. The molecular formula is C29H37N3O3. The third-order valence-corrected chi connectivity index (χ3v) is 6.15. The molecule has 2 N–H and O–H groups in total. The van der Waals surface area contributed by atoms with Crippen LogP contribution in [0.15, 0.2) is 59.5 Å². The largest absolute Gasteiger partial charge is 0.497 e. The first kappa shape index (κ1) is 26.1. The first-order valence-electron chi connectivity index (χ1n) is 12.3. The minimum atomic E-state index is -0.436. The van der Waals surface area contributed by atoms with Gasteiger partial charge >= 0.3 is 6.03 Å². The van der Waals surface area contributed by atoms with Crippen LogP contribution in [-0.2, 0) is 6.54 Å². The van der Waals surface area contributed by atoms with E-state index in [0.29, 0.717) is 17.9 Å². The highest BCUT2D eigenvalue weighted by Gasteiger charge is 2.19. The van der Waals surface area contributed by atoms with E-state index >= 15 is 0 Å². The fourth-order valence-electron chi connectivity index (χ4n) is 4.18. The van der Waals surface area contributed by atoms with Crippen molar-refractivity contribution in [2.75, 3.05) is 17.7 Å². The molecule has 2 aromatic carbocycles. The normalized spacial score (nSPS) is 11.1. The van der Waals surface area contributed by atoms with Gasteiger partial charge in [0.1, 0.15) is 11.4 Å². The van der Waals surface area contributed by atoms with Crippen molar-refractivity contribution in [3.63, 3.8) is 0 Å². The van der Waals surface area contributed by atoms with Gasteiger partial charge in [-0.1, -0.05) is 71.4 Å². The quantitative estimate of drug-likeness (QED) is 0.343. The maximum absolute atomic E-state index is 13.5. The van der Waals surface area contributed by atoms with Gasteiger partial charge in [-0.25, -0.2) is 4.79 Å². The molecular weight excluding hydrogens is 438 g/mol. The van der Waals surface area contributed by atoms with Crippen LogP contribution >= 0.6 is 0 Å². The molecule has 6 nitrogen and oxygen atoms in total. The summed E-state index contributed by atoms with van der Waals surface area (Å²) in [5, 5.41) is 5.95. The zero-order valence-electron chi connectivity index (χ0n) is 21.6. The van der Waals surface area contributed by atoms with Crippen molar-refractivity contribution in [2.24, 2.45) is 0 Å². The third kappa shape index (κ3) is 6.13. The first-order chi connectivity index (χ1) is 16.8. The number of hydrogen-bond donors (Lipinski definition) is 2. The van der Waals surface area contributed by atoms with Crippen molar-refractivity contribution in [2.45, 2.75) is 65.8 Å². The summed E-state index contributed by atoms with van der Waals surface area (Å²) in [5.41, 5.74) is 4.40. The maximum atomic E-state index is 13.5. The van der Waals surface area contributed by atoms with Crippen LogP contribution in [0.3, 0.4) is 0 Å². The molecule has 6 heteroatoms. The van der Waals surface area contributed by atoms with Gasteiger partial charge in [0.25, 0.3) is 5.56 Å². The van der Waals surface area contributed by atoms with Gasteiger partial charge in [0, 0.05) is 24.0 Å². The van der Waals surface area contributed by atoms with E-state index in [1.165, 1.54) is 0 Å². The van der Waals surface area contributed by atoms with Gasteiger partial charge in [0.2, 0.25) is 0 Å². The Morgan fingerprint density at radius 1 is 0.943 bits per heavy atom. The van der Waals surface area contributed by atoms with Gasteiger partial charge in [-0.05, 0) is 53.1 Å². The zero-order valence-corrected chi connectivity index (χ0v) is 21.6. The Morgan fingerprint density at radius 3 is 2.17 bits per heavy atom. The number of carbonyl (C=O) groups is 1. The van der Waals surface area contributed by atoms with E-state index in [0.717, 1.165) is 35.2 Å². The predicted octanol–water partition coefficient (Wildman–Crippen LogP) is 7.21. The molecule has 0 spiro atoms. The second kappa shape index (κ2) is 11.7. The van der Waals surface area contributed by atoms with Gasteiger partial charge in [-0.2, -0.15) is 0 Å². The number of nitrogens with zero attached hydrogens (tertiary/aromatic N) is 1. The summed E-state index contributed by atoms with van der Waals surface area (Å²) in [4.78, 5) is 26.8. The van der Waals surface area contributed by atoms with Crippen molar-refractivity contribution in [1.29, 1.82) is 0 Å². The van der Waals surface area contributed by atoms with E-state index in [9.17, 15) is 9.59 Å². The van der Waals surface area contributed by atoms with E-state index in [1.54, 1.807) is 17.9 Å². The molecule has 0 aliphatic heterocycles. The minimum Gasteiger partial charge on any atom is -0.497 e. The SMILES string of the molecule is CCCCn1ccc(-c2cccc(OC)c2)c(NC(=O)Nc2c(C(C)C)cccc2C(C)C)c1=O. The summed E-state index contributed by atoms with van der Waals surface area (Å²) in [6.07, 6.45) is 3.64. The Balaban J connectivity index is 2.04. The number of nitrogens with one attached hydrogen (secondary N) is 2. The van der Waals surface area contributed by atoms with E-state index in [2.05, 4.69) is 45.3 Å². The summed E-state index contributed by atoms with van der Waals surface area (Å²) < 4.78 is 7.03. The summed E-state index contributed by atoms with van der Waals surface area (Å²) in [6, 6.07) is 15.0. The zero-order chi connectivity index (χ0) is 25.5. The molecule has 0 atom stereocenters.